The standard InChI is InChI=1S/C11H14N4O4/c1-12-10-13-4-7(5-14-10)8(16)15-11(9(17)18)2-3-19-6-11/h4-5H,2-3,6H2,1H3,(H,15,16)(H,17,18)(H,12,13,14). The monoisotopic (exact) mass is 266 g/mol. The van der Waals surface area contributed by atoms with E-state index < -0.39 is 17.4 Å². The lowest BCUT2D eigenvalue weighted by Gasteiger charge is -2.23. The number of aliphatic carboxylic acids is 1. The second kappa shape index (κ2) is 5.19. The van der Waals surface area contributed by atoms with Crippen molar-refractivity contribution in [1.29, 1.82) is 0 Å². The molecule has 8 heteroatoms. The van der Waals surface area contributed by atoms with Crippen LogP contribution in [-0.2, 0) is 9.53 Å². The van der Waals surface area contributed by atoms with Crippen LogP contribution in [0.4, 0.5) is 5.95 Å². The van der Waals surface area contributed by atoms with Crippen LogP contribution in [0.1, 0.15) is 16.8 Å². The van der Waals surface area contributed by atoms with Crippen molar-refractivity contribution < 1.29 is 19.4 Å². The van der Waals surface area contributed by atoms with E-state index in [1.807, 2.05) is 0 Å². The zero-order chi connectivity index (χ0) is 13.9. The van der Waals surface area contributed by atoms with Gasteiger partial charge in [0.2, 0.25) is 5.95 Å². The molecule has 19 heavy (non-hydrogen) atoms. The number of carboxylic acid groups (broad SMARTS) is 1. The number of hydrogen-bond donors (Lipinski definition) is 3. The van der Waals surface area contributed by atoms with Crippen molar-refractivity contribution in [2.45, 2.75) is 12.0 Å². The van der Waals surface area contributed by atoms with E-state index in [-0.39, 0.29) is 18.6 Å². The molecule has 0 bridgehead atoms. The van der Waals surface area contributed by atoms with Crippen LogP contribution in [0, 0.1) is 0 Å². The van der Waals surface area contributed by atoms with Gasteiger partial charge in [0.1, 0.15) is 0 Å². The Labute approximate surface area is 109 Å². The minimum atomic E-state index is -1.36. The molecule has 1 fully saturated rings. The van der Waals surface area contributed by atoms with Crippen LogP contribution in [0.25, 0.3) is 0 Å². The molecule has 0 aliphatic carbocycles. The van der Waals surface area contributed by atoms with Gasteiger partial charge in [-0.05, 0) is 0 Å². The molecule has 1 aliphatic rings. The molecule has 8 nitrogen and oxygen atoms in total. The second-order valence-electron chi connectivity index (χ2n) is 4.19. The number of aromatic nitrogens is 2. The van der Waals surface area contributed by atoms with Crippen molar-refractivity contribution in [3.8, 4) is 0 Å². The summed E-state index contributed by atoms with van der Waals surface area (Å²) in [5.74, 6) is -1.25. The van der Waals surface area contributed by atoms with E-state index in [0.717, 1.165) is 0 Å². The highest BCUT2D eigenvalue weighted by atomic mass is 16.5. The van der Waals surface area contributed by atoms with Crippen LogP contribution < -0.4 is 10.6 Å². The van der Waals surface area contributed by atoms with Gasteiger partial charge in [-0.3, -0.25) is 4.79 Å². The van der Waals surface area contributed by atoms with Gasteiger partial charge >= 0.3 is 5.97 Å². The van der Waals surface area contributed by atoms with Gasteiger partial charge < -0.3 is 20.5 Å². The van der Waals surface area contributed by atoms with Crippen molar-refractivity contribution in [2.24, 2.45) is 0 Å². The minimum absolute atomic E-state index is 0.0382. The predicted molar refractivity (Wildman–Crippen MR) is 64.8 cm³/mol. The Morgan fingerprint density at radius 2 is 2.11 bits per heavy atom. The summed E-state index contributed by atoms with van der Waals surface area (Å²) < 4.78 is 5.06. The summed E-state index contributed by atoms with van der Waals surface area (Å²) in [4.78, 5) is 31.0. The number of carbonyl (C=O) groups is 2. The van der Waals surface area contributed by atoms with Crippen LogP contribution >= 0.6 is 0 Å². The molecule has 1 aromatic heterocycles. The van der Waals surface area contributed by atoms with E-state index in [1.165, 1.54) is 12.4 Å². The molecule has 1 unspecified atom stereocenters. The number of amides is 1. The quantitative estimate of drug-likeness (QED) is 0.672. The Morgan fingerprint density at radius 1 is 1.42 bits per heavy atom. The first-order valence-electron chi connectivity index (χ1n) is 5.71. The fourth-order valence-electron chi connectivity index (χ4n) is 1.75. The summed E-state index contributed by atoms with van der Waals surface area (Å²) in [6.45, 7) is 0.269. The number of hydrogen-bond acceptors (Lipinski definition) is 6. The Balaban J connectivity index is 2.13. The van der Waals surface area contributed by atoms with Crippen molar-refractivity contribution in [3.63, 3.8) is 0 Å². The van der Waals surface area contributed by atoms with E-state index in [4.69, 9.17) is 4.74 Å². The van der Waals surface area contributed by atoms with Gasteiger partial charge in [-0.1, -0.05) is 0 Å². The fraction of sp³-hybridized carbons (Fsp3) is 0.455. The van der Waals surface area contributed by atoms with E-state index in [0.29, 0.717) is 12.6 Å². The zero-order valence-electron chi connectivity index (χ0n) is 10.3. The van der Waals surface area contributed by atoms with E-state index in [9.17, 15) is 14.7 Å². The molecule has 0 radical (unpaired) electrons. The van der Waals surface area contributed by atoms with Crippen molar-refractivity contribution >= 4 is 17.8 Å². The predicted octanol–water partition coefficient (Wildman–Crippen LogP) is -0.508. The third-order valence-electron chi connectivity index (χ3n) is 2.92. The number of carbonyl (C=O) groups excluding carboxylic acids is 1. The maximum atomic E-state index is 12.0. The average molecular weight is 266 g/mol. The third kappa shape index (κ3) is 2.63. The van der Waals surface area contributed by atoms with Crippen molar-refractivity contribution in [2.75, 3.05) is 25.6 Å². The normalized spacial score (nSPS) is 21.9. The number of anilines is 1. The third-order valence-corrected chi connectivity index (χ3v) is 2.92. The van der Waals surface area contributed by atoms with Gasteiger partial charge in [-0.25, -0.2) is 14.8 Å². The number of ether oxygens (including phenoxy) is 1. The highest BCUT2D eigenvalue weighted by molar-refractivity contribution is 5.97. The van der Waals surface area contributed by atoms with E-state index in [1.54, 1.807) is 7.05 Å². The van der Waals surface area contributed by atoms with E-state index >= 15 is 0 Å². The first-order chi connectivity index (χ1) is 9.07. The van der Waals surface area contributed by atoms with Gasteiger partial charge in [-0.15, -0.1) is 0 Å². The summed E-state index contributed by atoms with van der Waals surface area (Å²) in [6.07, 6.45) is 2.91. The van der Waals surface area contributed by atoms with Gasteiger partial charge in [0.15, 0.2) is 5.54 Å². The summed E-state index contributed by atoms with van der Waals surface area (Å²) in [7, 11) is 1.66. The Hall–Kier alpha value is -2.22. The largest absolute Gasteiger partial charge is 0.479 e. The smallest absolute Gasteiger partial charge is 0.331 e. The fourth-order valence-corrected chi connectivity index (χ4v) is 1.75. The second-order valence-corrected chi connectivity index (χ2v) is 4.19. The molecule has 1 saturated heterocycles. The summed E-state index contributed by atoms with van der Waals surface area (Å²) in [6, 6.07) is 0. The molecule has 1 aliphatic heterocycles. The van der Waals surface area contributed by atoms with Crippen LogP contribution in [0.3, 0.4) is 0 Å². The molecular formula is C11H14N4O4. The number of rotatable bonds is 4. The molecule has 3 N–H and O–H groups in total. The molecule has 2 rings (SSSR count). The number of nitrogens with one attached hydrogen (secondary N) is 2. The Kier molecular flexibility index (Phi) is 3.61. The summed E-state index contributed by atoms with van der Waals surface area (Å²) in [5, 5.41) is 14.4. The lowest BCUT2D eigenvalue weighted by Crippen LogP contribution is -2.55. The maximum Gasteiger partial charge on any atom is 0.331 e. The molecule has 0 aromatic carbocycles. The molecule has 1 aromatic rings. The molecule has 0 saturated carbocycles. The molecule has 0 spiro atoms. The van der Waals surface area contributed by atoms with Crippen molar-refractivity contribution in [3.05, 3.63) is 18.0 Å². The lowest BCUT2D eigenvalue weighted by atomic mass is 9.98. The summed E-state index contributed by atoms with van der Waals surface area (Å²) in [5.41, 5.74) is -1.16. The molecule has 102 valence electrons. The Morgan fingerprint density at radius 3 is 2.58 bits per heavy atom. The molecule has 2 heterocycles. The van der Waals surface area contributed by atoms with Gasteiger partial charge in [0.25, 0.3) is 5.91 Å². The topological polar surface area (TPSA) is 113 Å². The number of nitrogens with zero attached hydrogens (tertiary/aromatic N) is 2. The first-order valence-corrected chi connectivity index (χ1v) is 5.71. The number of carboxylic acids is 1. The van der Waals surface area contributed by atoms with E-state index in [2.05, 4.69) is 20.6 Å². The maximum absolute atomic E-state index is 12.0. The van der Waals surface area contributed by atoms with Crippen LogP contribution in [0.5, 0.6) is 0 Å². The summed E-state index contributed by atoms with van der Waals surface area (Å²) >= 11 is 0. The highest BCUT2D eigenvalue weighted by Crippen LogP contribution is 2.19. The van der Waals surface area contributed by atoms with Gasteiger partial charge in [0.05, 0.1) is 12.2 Å². The van der Waals surface area contributed by atoms with Gasteiger partial charge in [-0.2, -0.15) is 0 Å². The molecule has 1 amide bonds. The highest BCUT2D eigenvalue weighted by Gasteiger charge is 2.44. The minimum Gasteiger partial charge on any atom is -0.479 e. The Bertz CT molecular complexity index is 482. The molecule has 1 atom stereocenters. The van der Waals surface area contributed by atoms with Crippen LogP contribution in [0.15, 0.2) is 12.4 Å². The SMILES string of the molecule is CNc1ncc(C(=O)NC2(C(=O)O)CCOC2)cn1. The van der Waals surface area contributed by atoms with Gasteiger partial charge in [0, 0.05) is 32.5 Å². The zero-order valence-corrected chi connectivity index (χ0v) is 10.3. The van der Waals surface area contributed by atoms with Crippen molar-refractivity contribution in [1.82, 2.24) is 15.3 Å². The van der Waals surface area contributed by atoms with Crippen LogP contribution in [0.2, 0.25) is 0 Å². The molecular weight excluding hydrogens is 252 g/mol. The lowest BCUT2D eigenvalue weighted by molar-refractivity contribution is -0.144. The average Bonchev–Trinajstić information content (AvgIpc) is 2.88. The first kappa shape index (κ1) is 13.2. The van der Waals surface area contributed by atoms with Crippen LogP contribution in [-0.4, -0.2) is 52.8 Å².